The Balaban J connectivity index is 1.65. The standard InChI is InChI=1S/C66H98O12/c1-11-13-15-17-19-21-23-25-27-29-31-33-35-37-39-77-65(67)55-47-63(75-9)61(73-7)45-53(55)51-43-59(71-5)57(69-3)41-49(51)50-42-58(70-4)60(72-6)44-52(50)54-46-62(74-8)64(76-10)48-56(54)66(68)78-40-38-36-34-32-30-28-26-24-22-20-18-16-14-12-2/h41-48H,11-40H2,1-10H3. The quantitative estimate of drug-likeness (QED) is 0.0309. The van der Waals surface area contributed by atoms with Crippen LogP contribution in [-0.2, 0) is 9.47 Å². The molecule has 0 bridgehead atoms. The molecule has 4 aromatic rings. The number of rotatable bonds is 43. The second-order valence-electron chi connectivity index (χ2n) is 20.5. The summed E-state index contributed by atoms with van der Waals surface area (Å²) in [5.41, 5.74) is 3.79. The average molecular weight is 1080 g/mol. The maximum Gasteiger partial charge on any atom is 0.338 e. The SMILES string of the molecule is CCCCCCCCCCCCCCCCOC(=O)c1cc(OC)c(OC)cc1-c1cc(OC)c(OC)cc1-c1cc(OC)c(OC)cc1-c1cc(OC)c(OC)cc1C(=O)OCCCCCCCCCCCCCCCC. The predicted molar refractivity (Wildman–Crippen MR) is 316 cm³/mol. The fourth-order valence-electron chi connectivity index (χ4n) is 10.3. The molecule has 0 heterocycles. The van der Waals surface area contributed by atoms with E-state index >= 15 is 0 Å². The van der Waals surface area contributed by atoms with E-state index in [1.165, 1.54) is 155 Å². The maximum atomic E-state index is 14.5. The molecule has 4 rings (SSSR count). The van der Waals surface area contributed by atoms with E-state index < -0.39 is 11.9 Å². The van der Waals surface area contributed by atoms with Crippen molar-refractivity contribution >= 4 is 11.9 Å². The largest absolute Gasteiger partial charge is 0.493 e. The molecule has 0 aliphatic rings. The number of hydrogen-bond acceptors (Lipinski definition) is 12. The Labute approximate surface area is 469 Å². The number of carbonyl (C=O) groups is 2. The molecule has 0 unspecified atom stereocenters. The van der Waals surface area contributed by atoms with Gasteiger partial charge in [0.25, 0.3) is 0 Å². The normalized spacial score (nSPS) is 11.1. The Morgan fingerprint density at radius 2 is 0.436 bits per heavy atom. The van der Waals surface area contributed by atoms with Crippen LogP contribution in [-0.4, -0.2) is 82.0 Å². The highest BCUT2D eigenvalue weighted by molar-refractivity contribution is 6.05. The zero-order valence-electron chi connectivity index (χ0n) is 49.7. The molecule has 0 atom stereocenters. The molecule has 0 saturated carbocycles. The van der Waals surface area contributed by atoms with Gasteiger partial charge in [-0.15, -0.1) is 0 Å². The smallest absolute Gasteiger partial charge is 0.338 e. The fourth-order valence-corrected chi connectivity index (χ4v) is 10.3. The van der Waals surface area contributed by atoms with Crippen LogP contribution in [0.3, 0.4) is 0 Å². The molecule has 0 amide bonds. The molecular formula is C66H98O12. The van der Waals surface area contributed by atoms with E-state index in [4.69, 9.17) is 47.4 Å². The lowest BCUT2D eigenvalue weighted by molar-refractivity contribution is 0.0489. The van der Waals surface area contributed by atoms with Crippen LogP contribution in [0.25, 0.3) is 33.4 Å². The van der Waals surface area contributed by atoms with Crippen molar-refractivity contribution in [3.63, 3.8) is 0 Å². The summed E-state index contributed by atoms with van der Waals surface area (Å²) in [5, 5.41) is 0. The first-order valence-electron chi connectivity index (χ1n) is 29.6. The van der Waals surface area contributed by atoms with Crippen molar-refractivity contribution in [1.29, 1.82) is 0 Å². The molecule has 4 aromatic carbocycles. The van der Waals surface area contributed by atoms with E-state index in [9.17, 15) is 9.59 Å². The Hall–Kier alpha value is -5.78. The number of esters is 2. The van der Waals surface area contributed by atoms with Crippen molar-refractivity contribution in [3.05, 3.63) is 59.7 Å². The summed E-state index contributed by atoms with van der Waals surface area (Å²) >= 11 is 0. The average Bonchev–Trinajstić information content (AvgIpc) is 3.67. The third-order valence-corrected chi connectivity index (χ3v) is 14.9. The number of hydrogen-bond donors (Lipinski definition) is 0. The van der Waals surface area contributed by atoms with Crippen LogP contribution in [0.2, 0.25) is 0 Å². The second kappa shape index (κ2) is 37.9. The molecule has 0 radical (unpaired) electrons. The van der Waals surface area contributed by atoms with Crippen molar-refractivity contribution in [1.82, 2.24) is 0 Å². The van der Waals surface area contributed by atoms with Gasteiger partial charge in [-0.05, 0) is 83.6 Å². The maximum absolute atomic E-state index is 14.5. The summed E-state index contributed by atoms with van der Waals surface area (Å²) in [6, 6.07) is 14.2. The summed E-state index contributed by atoms with van der Waals surface area (Å²) < 4.78 is 59.1. The van der Waals surface area contributed by atoms with Gasteiger partial charge in [0, 0.05) is 11.1 Å². The first-order valence-corrected chi connectivity index (χ1v) is 29.6. The second-order valence-corrected chi connectivity index (χ2v) is 20.5. The number of carbonyl (C=O) groups excluding carboxylic acids is 2. The van der Waals surface area contributed by atoms with Crippen LogP contribution in [0.5, 0.6) is 46.0 Å². The van der Waals surface area contributed by atoms with Crippen LogP contribution in [0.1, 0.15) is 214 Å². The summed E-state index contributed by atoms with van der Waals surface area (Å²) in [7, 11) is 12.4. The lowest BCUT2D eigenvalue weighted by Crippen LogP contribution is -2.10. The first kappa shape index (κ1) is 64.7. The van der Waals surface area contributed by atoms with E-state index in [0.29, 0.717) is 79.4 Å². The van der Waals surface area contributed by atoms with E-state index in [0.717, 1.165) is 38.5 Å². The van der Waals surface area contributed by atoms with Gasteiger partial charge in [0.2, 0.25) is 0 Å². The van der Waals surface area contributed by atoms with Crippen LogP contribution in [0, 0.1) is 0 Å². The highest BCUT2D eigenvalue weighted by Crippen LogP contribution is 2.50. The third-order valence-electron chi connectivity index (χ3n) is 14.9. The zero-order valence-corrected chi connectivity index (χ0v) is 49.7. The first-order chi connectivity index (χ1) is 38.2. The summed E-state index contributed by atoms with van der Waals surface area (Å²) in [6.45, 7) is 5.06. The molecule has 78 heavy (non-hydrogen) atoms. The summed E-state index contributed by atoms with van der Waals surface area (Å²) in [6.07, 6.45) is 34.4. The number of unbranched alkanes of at least 4 members (excludes halogenated alkanes) is 26. The molecule has 0 aliphatic heterocycles. The number of benzene rings is 4. The number of methoxy groups -OCH3 is 8. The van der Waals surface area contributed by atoms with E-state index in [1.807, 2.05) is 24.3 Å². The third kappa shape index (κ3) is 20.5. The van der Waals surface area contributed by atoms with Gasteiger partial charge in [0.15, 0.2) is 46.0 Å². The molecule has 0 aromatic heterocycles. The molecule has 0 fully saturated rings. The topological polar surface area (TPSA) is 126 Å². The predicted octanol–water partition coefficient (Wildman–Crippen LogP) is 18.0. The highest BCUT2D eigenvalue weighted by atomic mass is 16.5. The minimum Gasteiger partial charge on any atom is -0.493 e. The van der Waals surface area contributed by atoms with Crippen LogP contribution < -0.4 is 37.9 Å². The molecule has 12 nitrogen and oxygen atoms in total. The van der Waals surface area contributed by atoms with Crippen molar-refractivity contribution in [2.24, 2.45) is 0 Å². The summed E-state index contributed by atoms with van der Waals surface area (Å²) in [5.74, 6) is 2.14. The van der Waals surface area contributed by atoms with Crippen molar-refractivity contribution < 1.29 is 57.0 Å². The number of ether oxygens (including phenoxy) is 10. The molecule has 0 aliphatic carbocycles. The van der Waals surface area contributed by atoms with Gasteiger partial charge in [-0.2, -0.15) is 0 Å². The molecule has 12 heteroatoms. The van der Waals surface area contributed by atoms with E-state index in [2.05, 4.69) is 13.8 Å². The van der Waals surface area contributed by atoms with Crippen LogP contribution >= 0.6 is 0 Å². The van der Waals surface area contributed by atoms with Gasteiger partial charge in [0.05, 0.1) is 81.2 Å². The van der Waals surface area contributed by atoms with Gasteiger partial charge in [-0.1, -0.05) is 181 Å². The minimum atomic E-state index is -0.516. The Kier molecular flexibility index (Phi) is 31.5. The molecule has 0 N–H and O–H groups in total. The summed E-state index contributed by atoms with van der Waals surface area (Å²) in [4.78, 5) is 28.9. The van der Waals surface area contributed by atoms with Crippen molar-refractivity contribution in [2.45, 2.75) is 194 Å². The van der Waals surface area contributed by atoms with Gasteiger partial charge < -0.3 is 47.4 Å². The Morgan fingerprint density at radius 1 is 0.256 bits per heavy atom. The molecule has 434 valence electrons. The minimum absolute atomic E-state index is 0.257. The lowest BCUT2D eigenvalue weighted by Gasteiger charge is -2.23. The Bertz CT molecular complexity index is 2190. The van der Waals surface area contributed by atoms with Crippen LogP contribution in [0.15, 0.2) is 48.5 Å². The molecular weight excluding hydrogens is 985 g/mol. The monoisotopic (exact) mass is 1080 g/mol. The van der Waals surface area contributed by atoms with E-state index in [-0.39, 0.29) is 24.3 Å². The molecule has 0 saturated heterocycles. The lowest BCUT2D eigenvalue weighted by atomic mass is 9.85. The fraction of sp³-hybridized carbons (Fsp3) is 0.606. The highest BCUT2D eigenvalue weighted by Gasteiger charge is 2.28. The van der Waals surface area contributed by atoms with Crippen molar-refractivity contribution in [3.8, 4) is 79.4 Å². The van der Waals surface area contributed by atoms with Gasteiger partial charge in [-0.25, -0.2) is 9.59 Å². The van der Waals surface area contributed by atoms with Gasteiger partial charge >= 0.3 is 11.9 Å². The van der Waals surface area contributed by atoms with Crippen molar-refractivity contribution in [2.75, 3.05) is 70.1 Å². The van der Waals surface area contributed by atoms with Crippen LogP contribution in [0.4, 0.5) is 0 Å². The molecule has 0 spiro atoms. The van der Waals surface area contributed by atoms with Gasteiger partial charge in [0.1, 0.15) is 0 Å². The zero-order chi connectivity index (χ0) is 56.3. The Morgan fingerprint density at radius 3 is 0.654 bits per heavy atom. The van der Waals surface area contributed by atoms with E-state index in [1.54, 1.807) is 66.9 Å². The van der Waals surface area contributed by atoms with Gasteiger partial charge in [-0.3, -0.25) is 0 Å².